The molecule has 0 saturated heterocycles. The Morgan fingerprint density at radius 3 is 2.72 bits per heavy atom. The first kappa shape index (κ1) is 11.0. The molecule has 0 unspecified atom stereocenters. The van der Waals surface area contributed by atoms with Gasteiger partial charge in [-0.15, -0.1) is 11.3 Å². The molecule has 0 fully saturated rings. The highest BCUT2D eigenvalue weighted by molar-refractivity contribution is 7.13. The molecule has 1 aromatic carbocycles. The molecule has 5 heteroatoms. The number of aromatic nitrogens is 3. The quantitative estimate of drug-likeness (QED) is 0.706. The Hall–Kier alpha value is -2.14. The number of hydrogen-bond acceptors (Lipinski definition) is 4. The van der Waals surface area contributed by atoms with Crippen LogP contribution in [-0.2, 0) is 0 Å². The van der Waals surface area contributed by atoms with Crippen molar-refractivity contribution in [1.29, 1.82) is 0 Å². The maximum Gasteiger partial charge on any atom is 0.144 e. The average molecular weight is 257 g/mol. The maximum absolute atomic E-state index is 13.6. The SMILES string of the molecule is Fc1ccccc1-c1csc(-c2cnccn2)n1. The molecular weight excluding hydrogens is 249 g/mol. The van der Waals surface area contributed by atoms with E-state index in [-0.39, 0.29) is 5.82 Å². The molecule has 0 spiro atoms. The molecule has 3 aromatic rings. The first-order valence-corrected chi connectivity index (χ1v) is 6.19. The normalized spacial score (nSPS) is 10.5. The summed E-state index contributed by atoms with van der Waals surface area (Å²) in [6.45, 7) is 0. The summed E-state index contributed by atoms with van der Waals surface area (Å²) in [4.78, 5) is 12.5. The lowest BCUT2D eigenvalue weighted by atomic mass is 10.1. The van der Waals surface area contributed by atoms with Gasteiger partial charge in [-0.25, -0.2) is 9.37 Å². The molecule has 3 nitrogen and oxygen atoms in total. The maximum atomic E-state index is 13.6. The average Bonchev–Trinajstić information content (AvgIpc) is 2.90. The van der Waals surface area contributed by atoms with Crippen molar-refractivity contribution in [1.82, 2.24) is 15.0 Å². The van der Waals surface area contributed by atoms with Gasteiger partial charge in [-0.2, -0.15) is 0 Å². The van der Waals surface area contributed by atoms with Crippen molar-refractivity contribution >= 4 is 11.3 Å². The molecule has 3 rings (SSSR count). The van der Waals surface area contributed by atoms with Crippen molar-refractivity contribution in [3.8, 4) is 22.0 Å². The van der Waals surface area contributed by atoms with Crippen molar-refractivity contribution in [2.24, 2.45) is 0 Å². The molecule has 0 amide bonds. The second kappa shape index (κ2) is 4.62. The van der Waals surface area contributed by atoms with Gasteiger partial charge in [0.15, 0.2) is 0 Å². The highest BCUT2D eigenvalue weighted by Crippen LogP contribution is 2.28. The number of nitrogens with zero attached hydrogens (tertiary/aromatic N) is 3. The Balaban J connectivity index is 2.03. The van der Waals surface area contributed by atoms with Gasteiger partial charge in [0.2, 0.25) is 0 Å². The fourth-order valence-electron chi connectivity index (χ4n) is 1.59. The molecule has 0 aliphatic rings. The van der Waals surface area contributed by atoms with E-state index in [0.29, 0.717) is 17.0 Å². The van der Waals surface area contributed by atoms with Crippen LogP contribution in [0.5, 0.6) is 0 Å². The second-order valence-electron chi connectivity index (χ2n) is 3.61. The van der Waals surface area contributed by atoms with E-state index >= 15 is 0 Å². The predicted octanol–water partition coefficient (Wildman–Crippen LogP) is 3.41. The molecule has 0 saturated carbocycles. The van der Waals surface area contributed by atoms with Crippen LogP contribution in [0.15, 0.2) is 48.2 Å². The third-order valence-corrected chi connectivity index (χ3v) is 3.30. The van der Waals surface area contributed by atoms with Gasteiger partial charge in [-0.05, 0) is 12.1 Å². The van der Waals surface area contributed by atoms with Gasteiger partial charge in [0.1, 0.15) is 16.5 Å². The standard InChI is InChI=1S/C13H8FN3S/c14-10-4-2-1-3-9(10)12-8-18-13(17-12)11-7-15-5-6-16-11/h1-8H. The first-order valence-electron chi connectivity index (χ1n) is 5.31. The van der Waals surface area contributed by atoms with E-state index in [0.717, 1.165) is 5.01 Å². The molecule has 18 heavy (non-hydrogen) atoms. The summed E-state index contributed by atoms with van der Waals surface area (Å²) in [6, 6.07) is 6.59. The third-order valence-electron chi connectivity index (χ3n) is 2.44. The van der Waals surface area contributed by atoms with Crippen LogP contribution in [0, 0.1) is 5.82 Å². The van der Waals surface area contributed by atoms with Crippen LogP contribution in [0.1, 0.15) is 0 Å². The number of rotatable bonds is 2. The van der Waals surface area contributed by atoms with E-state index < -0.39 is 0 Å². The topological polar surface area (TPSA) is 38.7 Å². The predicted molar refractivity (Wildman–Crippen MR) is 68.5 cm³/mol. The van der Waals surface area contributed by atoms with Crippen molar-refractivity contribution < 1.29 is 4.39 Å². The minimum absolute atomic E-state index is 0.270. The highest BCUT2D eigenvalue weighted by Gasteiger charge is 2.10. The zero-order chi connectivity index (χ0) is 12.4. The van der Waals surface area contributed by atoms with Crippen LogP contribution in [0.3, 0.4) is 0 Å². The van der Waals surface area contributed by atoms with Gasteiger partial charge in [0, 0.05) is 23.3 Å². The van der Waals surface area contributed by atoms with Crippen molar-refractivity contribution in [2.75, 3.05) is 0 Å². The van der Waals surface area contributed by atoms with Gasteiger partial charge in [-0.1, -0.05) is 12.1 Å². The monoisotopic (exact) mass is 257 g/mol. The lowest BCUT2D eigenvalue weighted by Gasteiger charge is -1.97. The number of halogens is 1. The molecule has 2 aromatic heterocycles. The molecule has 0 aliphatic carbocycles. The summed E-state index contributed by atoms with van der Waals surface area (Å²) >= 11 is 1.43. The fourth-order valence-corrected chi connectivity index (χ4v) is 2.37. The van der Waals surface area contributed by atoms with Crippen LogP contribution in [-0.4, -0.2) is 15.0 Å². The number of hydrogen-bond donors (Lipinski definition) is 0. The van der Waals surface area contributed by atoms with Crippen molar-refractivity contribution in [3.05, 3.63) is 54.1 Å². The lowest BCUT2D eigenvalue weighted by molar-refractivity contribution is 0.631. The fraction of sp³-hybridized carbons (Fsp3) is 0. The molecular formula is C13H8FN3S. The summed E-state index contributed by atoms with van der Waals surface area (Å²) in [5.41, 5.74) is 1.83. The van der Waals surface area contributed by atoms with Crippen molar-refractivity contribution in [2.45, 2.75) is 0 Å². The van der Waals surface area contributed by atoms with Crippen LogP contribution < -0.4 is 0 Å². The lowest BCUT2D eigenvalue weighted by Crippen LogP contribution is -1.85. The summed E-state index contributed by atoms with van der Waals surface area (Å²) in [5, 5.41) is 2.56. The van der Waals surface area contributed by atoms with Crippen molar-refractivity contribution in [3.63, 3.8) is 0 Å². The molecule has 88 valence electrons. The Morgan fingerprint density at radius 2 is 1.94 bits per heavy atom. The summed E-state index contributed by atoms with van der Waals surface area (Å²) < 4.78 is 13.6. The zero-order valence-corrected chi connectivity index (χ0v) is 10.1. The van der Waals surface area contributed by atoms with E-state index in [9.17, 15) is 4.39 Å². The van der Waals surface area contributed by atoms with Crippen LogP contribution in [0.25, 0.3) is 22.0 Å². The van der Waals surface area contributed by atoms with E-state index in [4.69, 9.17) is 0 Å². The van der Waals surface area contributed by atoms with Crippen LogP contribution in [0.2, 0.25) is 0 Å². The largest absolute Gasteiger partial charge is 0.261 e. The van der Waals surface area contributed by atoms with E-state index in [1.165, 1.54) is 17.4 Å². The third kappa shape index (κ3) is 2.00. The molecule has 2 heterocycles. The molecule has 0 N–H and O–H groups in total. The Bertz CT molecular complexity index is 667. The number of thiazole rings is 1. The van der Waals surface area contributed by atoms with E-state index in [2.05, 4.69) is 15.0 Å². The van der Waals surface area contributed by atoms with E-state index in [1.807, 2.05) is 5.38 Å². The Morgan fingerprint density at radius 1 is 1.06 bits per heavy atom. The minimum Gasteiger partial charge on any atom is -0.261 e. The number of benzene rings is 1. The Labute approximate surface area is 107 Å². The smallest absolute Gasteiger partial charge is 0.144 e. The summed E-state index contributed by atoms with van der Waals surface area (Å²) in [6.07, 6.45) is 4.86. The molecule has 0 atom stereocenters. The minimum atomic E-state index is -0.270. The highest BCUT2D eigenvalue weighted by atomic mass is 32.1. The molecule has 0 bridgehead atoms. The van der Waals surface area contributed by atoms with Gasteiger partial charge < -0.3 is 0 Å². The molecule has 0 radical (unpaired) electrons. The Kier molecular flexibility index (Phi) is 2.82. The van der Waals surface area contributed by atoms with Gasteiger partial charge >= 0.3 is 0 Å². The van der Waals surface area contributed by atoms with E-state index in [1.54, 1.807) is 36.8 Å². The summed E-state index contributed by atoms with van der Waals surface area (Å²) in [5.74, 6) is -0.270. The van der Waals surface area contributed by atoms with Gasteiger partial charge in [0.05, 0.1) is 11.9 Å². The zero-order valence-electron chi connectivity index (χ0n) is 9.25. The van der Waals surface area contributed by atoms with Gasteiger partial charge in [-0.3, -0.25) is 9.97 Å². The van der Waals surface area contributed by atoms with Crippen LogP contribution in [0.4, 0.5) is 4.39 Å². The first-order chi connectivity index (χ1) is 8.84. The van der Waals surface area contributed by atoms with Crippen LogP contribution >= 0.6 is 11.3 Å². The second-order valence-corrected chi connectivity index (χ2v) is 4.47. The summed E-state index contributed by atoms with van der Waals surface area (Å²) in [7, 11) is 0. The molecule has 0 aliphatic heterocycles. The van der Waals surface area contributed by atoms with Gasteiger partial charge in [0.25, 0.3) is 0 Å².